The predicted molar refractivity (Wildman–Crippen MR) is 85.0 cm³/mol. The van der Waals surface area contributed by atoms with Crippen molar-refractivity contribution in [2.45, 2.75) is 13.8 Å². The molecule has 0 atom stereocenters. The summed E-state index contributed by atoms with van der Waals surface area (Å²) in [6, 6.07) is 6.65. The first-order valence-corrected chi connectivity index (χ1v) is 7.71. The summed E-state index contributed by atoms with van der Waals surface area (Å²) in [5.41, 5.74) is 1.07. The third-order valence-corrected chi connectivity index (χ3v) is 3.84. The van der Waals surface area contributed by atoms with Crippen molar-refractivity contribution in [2.75, 3.05) is 39.8 Å². The fourth-order valence-corrected chi connectivity index (χ4v) is 2.70. The van der Waals surface area contributed by atoms with Crippen LogP contribution in [-0.4, -0.2) is 61.5 Å². The molecule has 0 N–H and O–H groups in total. The van der Waals surface area contributed by atoms with E-state index in [4.69, 9.17) is 0 Å². The molecule has 0 spiro atoms. The first kappa shape index (κ1) is 16.5. The lowest BCUT2D eigenvalue weighted by Crippen LogP contribution is -2.49. The van der Waals surface area contributed by atoms with Crippen LogP contribution in [0, 0.1) is 5.92 Å². The molecule has 120 valence electrons. The average Bonchev–Trinajstić information content (AvgIpc) is 2.54. The van der Waals surface area contributed by atoms with Gasteiger partial charge in [0.05, 0.1) is 12.7 Å². The third kappa shape index (κ3) is 4.07. The maximum atomic E-state index is 12.5. The zero-order valence-corrected chi connectivity index (χ0v) is 13.5. The van der Waals surface area contributed by atoms with Gasteiger partial charge in [-0.25, -0.2) is 4.79 Å². The quantitative estimate of drug-likeness (QED) is 0.797. The average molecular weight is 304 g/mol. The minimum atomic E-state index is -0.388. The van der Waals surface area contributed by atoms with Gasteiger partial charge in [0, 0.05) is 38.3 Å². The summed E-state index contributed by atoms with van der Waals surface area (Å²) in [6.07, 6.45) is 0. The van der Waals surface area contributed by atoms with Crippen molar-refractivity contribution in [1.82, 2.24) is 9.80 Å². The Morgan fingerprint density at radius 3 is 2.09 bits per heavy atom. The largest absolute Gasteiger partial charge is 0.465 e. The van der Waals surface area contributed by atoms with Crippen LogP contribution < -0.4 is 0 Å². The van der Waals surface area contributed by atoms with E-state index in [9.17, 15) is 9.59 Å². The van der Waals surface area contributed by atoms with E-state index in [2.05, 4.69) is 23.5 Å². The minimum absolute atomic E-state index is 0.0283. The number of carbonyl (C=O) groups excluding carboxylic acids is 2. The fraction of sp³-hybridized carbons (Fsp3) is 0.529. The van der Waals surface area contributed by atoms with Crippen LogP contribution in [0.2, 0.25) is 0 Å². The van der Waals surface area contributed by atoms with Crippen molar-refractivity contribution in [1.29, 1.82) is 0 Å². The Labute approximate surface area is 131 Å². The lowest BCUT2D eigenvalue weighted by Gasteiger charge is -2.35. The molecule has 0 bridgehead atoms. The molecule has 0 aliphatic carbocycles. The van der Waals surface area contributed by atoms with Gasteiger partial charge in [0.25, 0.3) is 5.91 Å². The molecule has 1 aromatic rings. The van der Waals surface area contributed by atoms with Crippen molar-refractivity contribution >= 4 is 11.9 Å². The normalized spacial score (nSPS) is 15.9. The molecular formula is C17H24N2O3. The van der Waals surface area contributed by atoms with E-state index in [-0.39, 0.29) is 11.9 Å². The summed E-state index contributed by atoms with van der Waals surface area (Å²) in [4.78, 5) is 28.1. The molecule has 1 amide bonds. The number of amides is 1. The summed E-state index contributed by atoms with van der Waals surface area (Å²) in [7, 11) is 1.35. The monoisotopic (exact) mass is 304 g/mol. The maximum absolute atomic E-state index is 12.5. The van der Waals surface area contributed by atoms with E-state index in [0.717, 1.165) is 32.7 Å². The predicted octanol–water partition coefficient (Wildman–Crippen LogP) is 1.89. The molecule has 1 heterocycles. The smallest absolute Gasteiger partial charge is 0.337 e. The van der Waals surface area contributed by atoms with Gasteiger partial charge in [-0.3, -0.25) is 9.69 Å². The lowest BCUT2D eigenvalue weighted by atomic mass is 10.1. The summed E-state index contributed by atoms with van der Waals surface area (Å²) in [6.45, 7) is 8.85. The van der Waals surface area contributed by atoms with Crippen molar-refractivity contribution in [3.8, 4) is 0 Å². The molecule has 1 saturated heterocycles. The summed E-state index contributed by atoms with van der Waals surface area (Å²) in [5, 5.41) is 0. The highest BCUT2D eigenvalue weighted by molar-refractivity contribution is 5.96. The number of rotatable bonds is 4. The second-order valence-electron chi connectivity index (χ2n) is 6.06. The molecular weight excluding hydrogens is 280 g/mol. The van der Waals surface area contributed by atoms with Crippen molar-refractivity contribution < 1.29 is 14.3 Å². The molecule has 22 heavy (non-hydrogen) atoms. The molecule has 1 aromatic carbocycles. The number of hydrogen-bond donors (Lipinski definition) is 0. The highest BCUT2D eigenvalue weighted by atomic mass is 16.5. The molecule has 2 rings (SSSR count). The number of esters is 1. The SMILES string of the molecule is COC(=O)c1ccc(C(=O)N2CCN(CC(C)C)CC2)cc1. The van der Waals surface area contributed by atoms with Gasteiger partial charge < -0.3 is 9.64 Å². The van der Waals surface area contributed by atoms with Crippen molar-refractivity contribution in [3.63, 3.8) is 0 Å². The van der Waals surface area contributed by atoms with Crippen LogP contribution in [0.4, 0.5) is 0 Å². The number of methoxy groups -OCH3 is 1. The highest BCUT2D eigenvalue weighted by Crippen LogP contribution is 2.12. The van der Waals surface area contributed by atoms with Crippen LogP contribution in [0.25, 0.3) is 0 Å². The Balaban J connectivity index is 1.94. The zero-order valence-electron chi connectivity index (χ0n) is 13.5. The second-order valence-corrected chi connectivity index (χ2v) is 6.06. The van der Waals surface area contributed by atoms with E-state index in [1.807, 2.05) is 4.90 Å². The maximum Gasteiger partial charge on any atom is 0.337 e. The zero-order chi connectivity index (χ0) is 16.1. The molecule has 5 nitrogen and oxygen atoms in total. The van der Waals surface area contributed by atoms with Crippen molar-refractivity contribution in [3.05, 3.63) is 35.4 Å². The minimum Gasteiger partial charge on any atom is -0.465 e. The van der Waals surface area contributed by atoms with Crippen LogP contribution in [0.15, 0.2) is 24.3 Å². The third-order valence-electron chi connectivity index (χ3n) is 3.84. The number of ether oxygens (including phenoxy) is 1. The van der Waals surface area contributed by atoms with Crippen LogP contribution in [-0.2, 0) is 4.74 Å². The van der Waals surface area contributed by atoms with Crippen LogP contribution in [0.1, 0.15) is 34.6 Å². The Hall–Kier alpha value is -1.88. The van der Waals surface area contributed by atoms with Gasteiger partial charge >= 0.3 is 5.97 Å². The van der Waals surface area contributed by atoms with Gasteiger partial charge in [0.1, 0.15) is 0 Å². The summed E-state index contributed by atoms with van der Waals surface area (Å²) >= 11 is 0. The van der Waals surface area contributed by atoms with Gasteiger partial charge in [-0.2, -0.15) is 0 Å². The van der Waals surface area contributed by atoms with E-state index in [1.165, 1.54) is 7.11 Å². The molecule has 1 fully saturated rings. The topological polar surface area (TPSA) is 49.9 Å². The van der Waals surface area contributed by atoms with Crippen molar-refractivity contribution in [2.24, 2.45) is 5.92 Å². The molecule has 0 radical (unpaired) electrons. The van der Waals surface area contributed by atoms with Gasteiger partial charge in [-0.15, -0.1) is 0 Å². The summed E-state index contributed by atoms with van der Waals surface area (Å²) in [5.74, 6) is 0.287. The van der Waals surface area contributed by atoms with Gasteiger partial charge in [-0.1, -0.05) is 13.8 Å². The van der Waals surface area contributed by atoms with E-state index in [1.54, 1.807) is 24.3 Å². The number of hydrogen-bond acceptors (Lipinski definition) is 4. The first-order valence-electron chi connectivity index (χ1n) is 7.71. The second kappa shape index (κ2) is 7.40. The van der Waals surface area contributed by atoms with Crippen LogP contribution in [0.3, 0.4) is 0 Å². The van der Waals surface area contributed by atoms with Gasteiger partial charge in [0.2, 0.25) is 0 Å². The fourth-order valence-electron chi connectivity index (χ4n) is 2.70. The Bertz CT molecular complexity index is 517. The van der Waals surface area contributed by atoms with Gasteiger partial charge in [-0.05, 0) is 30.2 Å². The number of nitrogens with zero attached hydrogens (tertiary/aromatic N) is 2. The van der Waals surface area contributed by atoms with Crippen LogP contribution >= 0.6 is 0 Å². The molecule has 1 aliphatic heterocycles. The number of benzene rings is 1. The molecule has 0 aromatic heterocycles. The van der Waals surface area contributed by atoms with E-state index >= 15 is 0 Å². The molecule has 5 heteroatoms. The highest BCUT2D eigenvalue weighted by Gasteiger charge is 2.22. The molecule has 0 saturated carbocycles. The molecule has 0 unspecified atom stereocenters. The van der Waals surface area contributed by atoms with Gasteiger partial charge in [0.15, 0.2) is 0 Å². The molecule has 1 aliphatic rings. The Morgan fingerprint density at radius 1 is 1.05 bits per heavy atom. The number of piperazine rings is 1. The lowest BCUT2D eigenvalue weighted by molar-refractivity contribution is 0.0595. The first-order chi connectivity index (χ1) is 10.5. The van der Waals surface area contributed by atoms with E-state index in [0.29, 0.717) is 17.0 Å². The Kier molecular flexibility index (Phi) is 5.55. The number of carbonyl (C=O) groups is 2. The summed E-state index contributed by atoms with van der Waals surface area (Å²) < 4.78 is 4.66. The standard InChI is InChI=1S/C17H24N2O3/c1-13(2)12-18-8-10-19(11-9-18)16(20)14-4-6-15(7-5-14)17(21)22-3/h4-7,13H,8-12H2,1-3H3. The van der Waals surface area contributed by atoms with E-state index < -0.39 is 0 Å². The van der Waals surface area contributed by atoms with Crippen LogP contribution in [0.5, 0.6) is 0 Å². The Morgan fingerprint density at radius 2 is 1.59 bits per heavy atom.